The van der Waals surface area contributed by atoms with Crippen LogP contribution in [0.5, 0.6) is 0 Å². The van der Waals surface area contributed by atoms with Gasteiger partial charge in [-0.2, -0.15) is 5.10 Å². The monoisotopic (exact) mass is 311 g/mol. The molecule has 0 fully saturated rings. The van der Waals surface area contributed by atoms with Crippen LogP contribution in [0.1, 0.15) is 37.6 Å². The molecule has 20 heavy (non-hydrogen) atoms. The van der Waals surface area contributed by atoms with Gasteiger partial charge in [0.2, 0.25) is 0 Å². The first-order valence-electron chi connectivity index (χ1n) is 6.88. The Kier molecular flexibility index (Phi) is 5.46. The van der Waals surface area contributed by atoms with E-state index in [4.69, 9.17) is 23.2 Å². The number of aromatic nitrogens is 2. The lowest BCUT2D eigenvalue weighted by molar-refractivity contribution is 0.520. The topological polar surface area (TPSA) is 29.9 Å². The fourth-order valence-electron chi connectivity index (χ4n) is 2.33. The molecule has 1 aromatic heterocycles. The zero-order valence-corrected chi connectivity index (χ0v) is 13.2. The van der Waals surface area contributed by atoms with Crippen molar-refractivity contribution in [1.29, 1.82) is 0 Å². The summed E-state index contributed by atoms with van der Waals surface area (Å²) in [5.41, 5.74) is 2.00. The zero-order chi connectivity index (χ0) is 14.5. The highest BCUT2D eigenvalue weighted by Crippen LogP contribution is 2.34. The predicted octanol–water partition coefficient (Wildman–Crippen LogP) is 4.30. The van der Waals surface area contributed by atoms with E-state index < -0.39 is 0 Å². The Morgan fingerprint density at radius 1 is 1.20 bits per heavy atom. The van der Waals surface area contributed by atoms with Gasteiger partial charge in [-0.1, -0.05) is 43.1 Å². The first kappa shape index (κ1) is 15.4. The summed E-state index contributed by atoms with van der Waals surface area (Å²) < 4.78 is 2.01. The molecule has 0 saturated heterocycles. The Labute approximate surface area is 129 Å². The highest BCUT2D eigenvalue weighted by Gasteiger charge is 2.22. The molecule has 2 aromatic rings. The summed E-state index contributed by atoms with van der Waals surface area (Å²) in [6.45, 7) is 5.91. The second-order valence-corrected chi connectivity index (χ2v) is 5.42. The molecule has 0 aliphatic carbocycles. The minimum Gasteiger partial charge on any atom is -0.305 e. The maximum Gasteiger partial charge on any atom is 0.0777 e. The van der Waals surface area contributed by atoms with Gasteiger partial charge in [-0.25, -0.2) is 0 Å². The van der Waals surface area contributed by atoms with Crippen LogP contribution in [0.4, 0.5) is 0 Å². The van der Waals surface area contributed by atoms with Gasteiger partial charge in [0.1, 0.15) is 0 Å². The number of hydrogen-bond acceptors (Lipinski definition) is 2. The Morgan fingerprint density at radius 3 is 2.50 bits per heavy atom. The Hall–Kier alpha value is -1.03. The van der Waals surface area contributed by atoms with E-state index in [2.05, 4.69) is 24.3 Å². The van der Waals surface area contributed by atoms with Crippen molar-refractivity contribution >= 4 is 23.2 Å². The maximum absolute atomic E-state index is 6.35. The molecule has 0 radical (unpaired) electrons. The van der Waals surface area contributed by atoms with Gasteiger partial charge in [0, 0.05) is 28.4 Å². The van der Waals surface area contributed by atoms with Crippen molar-refractivity contribution in [3.05, 3.63) is 51.8 Å². The van der Waals surface area contributed by atoms with Crippen molar-refractivity contribution < 1.29 is 0 Å². The molecule has 0 aliphatic rings. The SMILES string of the molecule is CCCn1nccc1C(NCC)c1c(Cl)cccc1Cl. The molecule has 2 rings (SSSR count). The van der Waals surface area contributed by atoms with Crippen LogP contribution in [0, 0.1) is 0 Å². The average Bonchev–Trinajstić information content (AvgIpc) is 2.86. The molecule has 1 aromatic carbocycles. The molecule has 1 unspecified atom stereocenters. The summed E-state index contributed by atoms with van der Waals surface area (Å²) in [4.78, 5) is 0. The molecule has 0 amide bonds. The number of halogens is 2. The summed E-state index contributed by atoms with van der Waals surface area (Å²) in [5.74, 6) is 0. The molecular formula is C15H19Cl2N3. The lowest BCUT2D eigenvalue weighted by atomic mass is 10.0. The number of nitrogens with one attached hydrogen (secondary N) is 1. The van der Waals surface area contributed by atoms with Crippen LogP contribution in [-0.2, 0) is 6.54 Å². The summed E-state index contributed by atoms with van der Waals surface area (Å²) in [6.07, 6.45) is 2.85. The van der Waals surface area contributed by atoms with E-state index in [1.165, 1.54) is 0 Å². The summed E-state index contributed by atoms with van der Waals surface area (Å²) in [5, 5.41) is 9.18. The van der Waals surface area contributed by atoms with E-state index in [0.717, 1.165) is 30.8 Å². The summed E-state index contributed by atoms with van der Waals surface area (Å²) in [7, 11) is 0. The van der Waals surface area contributed by atoms with Crippen molar-refractivity contribution in [1.82, 2.24) is 15.1 Å². The van der Waals surface area contributed by atoms with Crippen LogP contribution in [0.3, 0.4) is 0 Å². The van der Waals surface area contributed by atoms with Crippen LogP contribution in [0.2, 0.25) is 10.0 Å². The zero-order valence-electron chi connectivity index (χ0n) is 11.7. The van der Waals surface area contributed by atoms with Gasteiger partial charge in [0.25, 0.3) is 0 Å². The standard InChI is InChI=1S/C15H19Cl2N3/c1-3-10-20-13(8-9-19-20)15(18-4-2)14-11(16)6-5-7-12(14)17/h5-9,15,18H,3-4,10H2,1-2H3. The molecule has 0 saturated carbocycles. The summed E-state index contributed by atoms with van der Waals surface area (Å²) >= 11 is 12.7. The van der Waals surface area contributed by atoms with Crippen LogP contribution in [-0.4, -0.2) is 16.3 Å². The minimum atomic E-state index is -0.0461. The Morgan fingerprint density at radius 2 is 1.90 bits per heavy atom. The van der Waals surface area contributed by atoms with Crippen molar-refractivity contribution in [2.75, 3.05) is 6.54 Å². The van der Waals surface area contributed by atoms with Crippen molar-refractivity contribution in [3.63, 3.8) is 0 Å². The lowest BCUT2D eigenvalue weighted by Crippen LogP contribution is -2.25. The van der Waals surface area contributed by atoms with Crippen molar-refractivity contribution in [3.8, 4) is 0 Å². The van der Waals surface area contributed by atoms with Gasteiger partial charge in [-0.05, 0) is 31.2 Å². The molecular weight excluding hydrogens is 293 g/mol. The molecule has 1 atom stereocenters. The lowest BCUT2D eigenvalue weighted by Gasteiger charge is -2.22. The van der Waals surface area contributed by atoms with Gasteiger partial charge in [-0.3, -0.25) is 4.68 Å². The van der Waals surface area contributed by atoms with E-state index in [1.54, 1.807) is 0 Å². The Balaban J connectivity index is 2.48. The molecule has 5 heteroatoms. The smallest absolute Gasteiger partial charge is 0.0777 e. The number of benzene rings is 1. The van der Waals surface area contributed by atoms with Gasteiger partial charge in [0.15, 0.2) is 0 Å². The van der Waals surface area contributed by atoms with Gasteiger partial charge >= 0.3 is 0 Å². The minimum absolute atomic E-state index is 0.0461. The van der Waals surface area contributed by atoms with Gasteiger partial charge < -0.3 is 5.32 Å². The van der Waals surface area contributed by atoms with Crippen LogP contribution < -0.4 is 5.32 Å². The van der Waals surface area contributed by atoms with E-state index in [1.807, 2.05) is 35.1 Å². The number of aryl methyl sites for hydroxylation is 1. The molecule has 108 valence electrons. The summed E-state index contributed by atoms with van der Waals surface area (Å²) in [6, 6.07) is 7.57. The van der Waals surface area contributed by atoms with E-state index in [-0.39, 0.29) is 6.04 Å². The average molecular weight is 312 g/mol. The highest BCUT2D eigenvalue weighted by molar-refractivity contribution is 6.36. The third-order valence-corrected chi connectivity index (χ3v) is 3.84. The van der Waals surface area contributed by atoms with E-state index >= 15 is 0 Å². The second kappa shape index (κ2) is 7.11. The second-order valence-electron chi connectivity index (χ2n) is 4.61. The number of rotatable bonds is 6. The predicted molar refractivity (Wildman–Crippen MR) is 84.5 cm³/mol. The molecule has 0 aliphatic heterocycles. The van der Waals surface area contributed by atoms with Crippen LogP contribution >= 0.6 is 23.2 Å². The van der Waals surface area contributed by atoms with Crippen LogP contribution in [0.15, 0.2) is 30.5 Å². The number of hydrogen-bond donors (Lipinski definition) is 1. The largest absolute Gasteiger partial charge is 0.305 e. The third-order valence-electron chi connectivity index (χ3n) is 3.18. The molecule has 0 bridgehead atoms. The van der Waals surface area contributed by atoms with E-state index in [9.17, 15) is 0 Å². The third kappa shape index (κ3) is 3.17. The fraction of sp³-hybridized carbons (Fsp3) is 0.400. The fourth-order valence-corrected chi connectivity index (χ4v) is 2.95. The number of nitrogens with zero attached hydrogens (tertiary/aromatic N) is 2. The van der Waals surface area contributed by atoms with Gasteiger partial charge in [0.05, 0.1) is 11.7 Å². The molecule has 1 N–H and O–H groups in total. The Bertz CT molecular complexity index is 546. The van der Waals surface area contributed by atoms with Crippen molar-refractivity contribution in [2.24, 2.45) is 0 Å². The van der Waals surface area contributed by atoms with Crippen molar-refractivity contribution in [2.45, 2.75) is 32.9 Å². The van der Waals surface area contributed by atoms with E-state index in [0.29, 0.717) is 10.0 Å². The first-order valence-corrected chi connectivity index (χ1v) is 7.63. The maximum atomic E-state index is 6.35. The normalized spacial score (nSPS) is 12.6. The molecule has 3 nitrogen and oxygen atoms in total. The van der Waals surface area contributed by atoms with Gasteiger partial charge in [-0.15, -0.1) is 0 Å². The van der Waals surface area contributed by atoms with Crippen LogP contribution in [0.25, 0.3) is 0 Å². The molecule has 0 spiro atoms. The first-order chi connectivity index (χ1) is 9.69. The molecule has 1 heterocycles. The highest BCUT2D eigenvalue weighted by atomic mass is 35.5. The quantitative estimate of drug-likeness (QED) is 0.862.